The van der Waals surface area contributed by atoms with Crippen molar-refractivity contribution in [3.63, 3.8) is 0 Å². The van der Waals surface area contributed by atoms with Crippen LogP contribution in [0.1, 0.15) is 19.8 Å². The summed E-state index contributed by atoms with van der Waals surface area (Å²) in [4.78, 5) is 23.7. The molecule has 0 radical (unpaired) electrons. The summed E-state index contributed by atoms with van der Waals surface area (Å²) in [5.74, 6) is -1.27. The van der Waals surface area contributed by atoms with Gasteiger partial charge >= 0.3 is 0 Å². The van der Waals surface area contributed by atoms with Crippen molar-refractivity contribution >= 4 is 17.5 Å². The van der Waals surface area contributed by atoms with Crippen molar-refractivity contribution in [2.75, 3.05) is 5.01 Å². The number of carbonyl (C=O) groups excluding carboxylic acids is 2. The molecule has 1 aromatic rings. The number of benzene rings is 1. The van der Waals surface area contributed by atoms with Crippen LogP contribution in [0.3, 0.4) is 0 Å². The molecular formula is C12H14N2O3. The zero-order chi connectivity index (χ0) is 12.5. The highest BCUT2D eigenvalue weighted by atomic mass is 16.3. The molecule has 0 aromatic heterocycles. The van der Waals surface area contributed by atoms with E-state index in [0.29, 0.717) is 12.1 Å². The van der Waals surface area contributed by atoms with Crippen LogP contribution in [0.15, 0.2) is 30.3 Å². The Balaban J connectivity index is 2.31. The quantitative estimate of drug-likeness (QED) is 0.752. The summed E-state index contributed by atoms with van der Waals surface area (Å²) in [6, 6.07) is 8.70. The number of nitrogens with one attached hydrogen (secondary N) is 1. The molecule has 0 bridgehead atoms. The minimum atomic E-state index is -1.93. The van der Waals surface area contributed by atoms with Crippen LogP contribution in [0.4, 0.5) is 5.69 Å². The second-order valence-corrected chi connectivity index (χ2v) is 4.03. The van der Waals surface area contributed by atoms with Crippen molar-refractivity contribution in [3.8, 4) is 0 Å². The third-order valence-electron chi connectivity index (χ3n) is 2.77. The van der Waals surface area contributed by atoms with Crippen LogP contribution in [-0.2, 0) is 9.59 Å². The monoisotopic (exact) mass is 234 g/mol. The van der Waals surface area contributed by atoms with Gasteiger partial charge in [-0.1, -0.05) is 31.5 Å². The van der Waals surface area contributed by atoms with Gasteiger partial charge in [-0.3, -0.25) is 15.0 Å². The maximum absolute atomic E-state index is 12.0. The third-order valence-corrected chi connectivity index (χ3v) is 2.77. The average molecular weight is 234 g/mol. The van der Waals surface area contributed by atoms with Gasteiger partial charge in [-0.2, -0.15) is 0 Å². The van der Waals surface area contributed by atoms with Gasteiger partial charge in [-0.25, -0.2) is 5.01 Å². The van der Waals surface area contributed by atoms with Crippen LogP contribution in [0, 0.1) is 0 Å². The minimum absolute atomic E-state index is 0.126. The van der Waals surface area contributed by atoms with Gasteiger partial charge in [0, 0.05) is 0 Å². The van der Waals surface area contributed by atoms with E-state index in [9.17, 15) is 14.7 Å². The maximum atomic E-state index is 12.0. The number of nitrogens with zero attached hydrogens (tertiary/aromatic N) is 1. The van der Waals surface area contributed by atoms with E-state index in [0.717, 1.165) is 5.01 Å². The number of para-hydroxylation sites is 1. The molecule has 1 atom stereocenters. The van der Waals surface area contributed by atoms with Crippen LogP contribution >= 0.6 is 0 Å². The molecule has 1 unspecified atom stereocenters. The fourth-order valence-electron chi connectivity index (χ4n) is 1.87. The molecule has 5 nitrogen and oxygen atoms in total. The lowest BCUT2D eigenvalue weighted by Gasteiger charge is -2.17. The van der Waals surface area contributed by atoms with Gasteiger partial charge in [-0.15, -0.1) is 0 Å². The minimum Gasteiger partial charge on any atom is -0.372 e. The number of carbonyl (C=O) groups is 2. The molecule has 2 N–H and O–H groups in total. The summed E-state index contributed by atoms with van der Waals surface area (Å²) in [7, 11) is 0. The Kier molecular flexibility index (Phi) is 2.85. The highest BCUT2D eigenvalue weighted by Gasteiger charge is 2.52. The molecule has 0 aliphatic carbocycles. The number of aliphatic hydroxyl groups is 1. The first-order valence-electron chi connectivity index (χ1n) is 5.52. The molecule has 1 saturated heterocycles. The number of hydrogen-bond acceptors (Lipinski definition) is 3. The molecule has 90 valence electrons. The van der Waals surface area contributed by atoms with Gasteiger partial charge in [-0.05, 0) is 18.6 Å². The SMILES string of the molecule is CCCC1(O)C(=O)NN(c2ccccc2)C1=O. The lowest BCUT2D eigenvalue weighted by atomic mass is 9.97. The third kappa shape index (κ3) is 1.78. The second-order valence-electron chi connectivity index (χ2n) is 4.03. The first kappa shape index (κ1) is 11.6. The van der Waals surface area contributed by atoms with Gasteiger partial charge in [0.15, 0.2) is 0 Å². The zero-order valence-corrected chi connectivity index (χ0v) is 9.51. The molecule has 1 fully saturated rings. The van der Waals surface area contributed by atoms with E-state index in [-0.39, 0.29) is 6.42 Å². The van der Waals surface area contributed by atoms with E-state index in [1.807, 2.05) is 13.0 Å². The number of hydrazine groups is 1. The fraction of sp³-hybridized carbons (Fsp3) is 0.333. The topological polar surface area (TPSA) is 69.6 Å². The van der Waals surface area contributed by atoms with Crippen LogP contribution in [0.2, 0.25) is 0 Å². The van der Waals surface area contributed by atoms with Crippen molar-refractivity contribution in [1.82, 2.24) is 5.43 Å². The highest BCUT2D eigenvalue weighted by Crippen LogP contribution is 2.25. The number of rotatable bonds is 3. The molecule has 1 aliphatic rings. The largest absolute Gasteiger partial charge is 0.372 e. The van der Waals surface area contributed by atoms with Crippen LogP contribution < -0.4 is 10.4 Å². The number of amides is 2. The first-order valence-corrected chi connectivity index (χ1v) is 5.52. The molecule has 5 heteroatoms. The predicted octanol–water partition coefficient (Wildman–Crippen LogP) is 0.596. The predicted molar refractivity (Wildman–Crippen MR) is 61.9 cm³/mol. The summed E-state index contributed by atoms with van der Waals surface area (Å²) in [6.45, 7) is 1.81. The van der Waals surface area contributed by atoms with Crippen molar-refractivity contribution in [1.29, 1.82) is 0 Å². The number of hydrogen-bond donors (Lipinski definition) is 2. The molecule has 2 amide bonds. The van der Waals surface area contributed by atoms with Crippen molar-refractivity contribution in [2.24, 2.45) is 0 Å². The van der Waals surface area contributed by atoms with E-state index in [2.05, 4.69) is 5.43 Å². The normalized spacial score (nSPS) is 24.0. The van der Waals surface area contributed by atoms with E-state index < -0.39 is 17.4 Å². The Labute approximate surface area is 99.0 Å². The molecule has 0 spiro atoms. The lowest BCUT2D eigenvalue weighted by molar-refractivity contribution is -0.145. The average Bonchev–Trinajstić information content (AvgIpc) is 2.56. The van der Waals surface area contributed by atoms with E-state index in [1.54, 1.807) is 24.3 Å². The second kappa shape index (κ2) is 4.18. The van der Waals surface area contributed by atoms with Crippen LogP contribution in [0.5, 0.6) is 0 Å². The van der Waals surface area contributed by atoms with E-state index >= 15 is 0 Å². The molecule has 1 aromatic carbocycles. The highest BCUT2D eigenvalue weighted by molar-refractivity contribution is 6.20. The molecular weight excluding hydrogens is 220 g/mol. The summed E-state index contributed by atoms with van der Waals surface area (Å²) >= 11 is 0. The molecule has 2 rings (SSSR count). The van der Waals surface area contributed by atoms with Crippen LogP contribution in [-0.4, -0.2) is 22.5 Å². The first-order chi connectivity index (χ1) is 8.09. The lowest BCUT2D eigenvalue weighted by Crippen LogP contribution is -2.43. The van der Waals surface area contributed by atoms with Gasteiger partial charge in [0.25, 0.3) is 11.8 Å². The standard InChI is InChI=1S/C12H14N2O3/c1-2-8-12(17)10(15)13-14(11(12)16)9-6-4-3-5-7-9/h3-7,17H,2,8H2,1H3,(H,13,15). The maximum Gasteiger partial charge on any atom is 0.287 e. The Morgan fingerprint density at radius 1 is 1.29 bits per heavy atom. The summed E-state index contributed by atoms with van der Waals surface area (Å²) < 4.78 is 0. The zero-order valence-electron chi connectivity index (χ0n) is 9.51. The molecule has 1 heterocycles. The fourth-order valence-corrected chi connectivity index (χ4v) is 1.87. The van der Waals surface area contributed by atoms with Crippen molar-refractivity contribution < 1.29 is 14.7 Å². The van der Waals surface area contributed by atoms with Crippen LogP contribution in [0.25, 0.3) is 0 Å². The molecule has 17 heavy (non-hydrogen) atoms. The van der Waals surface area contributed by atoms with E-state index in [4.69, 9.17) is 0 Å². The molecule has 0 saturated carbocycles. The van der Waals surface area contributed by atoms with Gasteiger partial charge in [0.1, 0.15) is 0 Å². The summed E-state index contributed by atoms with van der Waals surface area (Å²) in [5, 5.41) is 11.2. The van der Waals surface area contributed by atoms with Crippen molar-refractivity contribution in [3.05, 3.63) is 30.3 Å². The summed E-state index contributed by atoms with van der Waals surface area (Å²) in [5.41, 5.74) is 1.00. The summed E-state index contributed by atoms with van der Waals surface area (Å²) in [6.07, 6.45) is 0.680. The smallest absolute Gasteiger partial charge is 0.287 e. The molecule has 1 aliphatic heterocycles. The Morgan fingerprint density at radius 2 is 1.94 bits per heavy atom. The van der Waals surface area contributed by atoms with Gasteiger partial charge in [0.2, 0.25) is 5.60 Å². The van der Waals surface area contributed by atoms with E-state index in [1.165, 1.54) is 0 Å². The van der Waals surface area contributed by atoms with Crippen molar-refractivity contribution in [2.45, 2.75) is 25.4 Å². The van der Waals surface area contributed by atoms with Gasteiger partial charge in [0.05, 0.1) is 5.69 Å². The Morgan fingerprint density at radius 3 is 2.53 bits per heavy atom. The Hall–Kier alpha value is -1.88. The Bertz CT molecular complexity index is 446. The number of anilines is 1. The van der Waals surface area contributed by atoms with Gasteiger partial charge < -0.3 is 5.11 Å².